The van der Waals surface area contributed by atoms with E-state index in [1.54, 1.807) is 0 Å². The summed E-state index contributed by atoms with van der Waals surface area (Å²) in [5.41, 5.74) is -0.0725. The van der Waals surface area contributed by atoms with Crippen LogP contribution in [-0.4, -0.2) is 11.7 Å². The number of hydrogen-bond acceptors (Lipinski definition) is 2. The molecule has 0 saturated carbocycles. The van der Waals surface area contributed by atoms with Crippen molar-refractivity contribution >= 4 is 0 Å². The number of hydrogen-bond donors (Lipinski definition) is 2. The first-order valence-electron chi connectivity index (χ1n) is 6.90. The van der Waals surface area contributed by atoms with Crippen LogP contribution in [-0.2, 0) is 0 Å². The van der Waals surface area contributed by atoms with E-state index < -0.39 is 53.6 Å². The molecule has 2 atom stereocenters. The van der Waals surface area contributed by atoms with Crippen LogP contribution in [0.3, 0.4) is 0 Å². The average Bonchev–Trinajstić information content (AvgIpc) is 2.54. The zero-order valence-corrected chi connectivity index (χ0v) is 12.4. The minimum Gasteiger partial charge on any atom is -0.394 e. The maximum absolute atomic E-state index is 13.3. The molecule has 2 nitrogen and oxygen atoms in total. The van der Waals surface area contributed by atoms with E-state index in [0.717, 1.165) is 12.1 Å². The second-order valence-electron chi connectivity index (χ2n) is 5.22. The van der Waals surface area contributed by atoms with Crippen LogP contribution in [0.25, 0.3) is 0 Å². The Morgan fingerprint density at radius 1 is 0.792 bits per heavy atom. The maximum Gasteiger partial charge on any atom is 0.194 e. The van der Waals surface area contributed by atoms with Crippen molar-refractivity contribution in [3.8, 4) is 0 Å². The number of aliphatic hydroxyl groups excluding tert-OH is 1. The van der Waals surface area contributed by atoms with Gasteiger partial charge in [-0.2, -0.15) is 0 Å². The highest BCUT2D eigenvalue weighted by molar-refractivity contribution is 5.25. The van der Waals surface area contributed by atoms with Gasteiger partial charge in [-0.1, -0.05) is 0 Å². The van der Waals surface area contributed by atoms with Crippen LogP contribution < -0.4 is 5.32 Å². The van der Waals surface area contributed by atoms with Gasteiger partial charge >= 0.3 is 0 Å². The lowest BCUT2D eigenvalue weighted by Gasteiger charge is -2.23. The highest BCUT2D eigenvalue weighted by Gasteiger charge is 2.21. The summed E-state index contributed by atoms with van der Waals surface area (Å²) in [6, 6.07) is 1.08. The predicted molar refractivity (Wildman–Crippen MR) is 74.0 cm³/mol. The summed E-state index contributed by atoms with van der Waals surface area (Å²) in [6.07, 6.45) is 0. The molecule has 0 bridgehead atoms. The van der Waals surface area contributed by atoms with Crippen molar-refractivity contribution in [1.82, 2.24) is 5.32 Å². The number of aliphatic hydroxyl groups is 1. The molecule has 0 heterocycles. The SMILES string of the molecule is CC(NC(CO)c1cc(F)c(F)c(F)c1)c1cc(F)c(F)c(F)c1. The summed E-state index contributed by atoms with van der Waals surface area (Å²) in [5, 5.41) is 12.1. The maximum atomic E-state index is 13.3. The molecular weight excluding hydrogens is 336 g/mol. The van der Waals surface area contributed by atoms with Gasteiger partial charge in [0.2, 0.25) is 0 Å². The second kappa shape index (κ2) is 7.23. The first kappa shape index (κ1) is 18.3. The average molecular weight is 349 g/mol. The van der Waals surface area contributed by atoms with E-state index >= 15 is 0 Å². The lowest BCUT2D eigenvalue weighted by Crippen LogP contribution is -2.28. The van der Waals surface area contributed by atoms with Crippen molar-refractivity contribution in [2.75, 3.05) is 6.61 Å². The van der Waals surface area contributed by atoms with Crippen molar-refractivity contribution in [1.29, 1.82) is 0 Å². The first-order valence-corrected chi connectivity index (χ1v) is 6.90. The third-order valence-corrected chi connectivity index (χ3v) is 3.55. The van der Waals surface area contributed by atoms with Crippen LogP contribution in [0, 0.1) is 34.9 Å². The molecule has 0 aliphatic carbocycles. The fraction of sp³-hybridized carbons (Fsp3) is 0.250. The molecular formula is C16H13F6NO. The predicted octanol–water partition coefficient (Wildman–Crippen LogP) is 3.91. The summed E-state index contributed by atoms with van der Waals surface area (Å²) in [5.74, 6) is -8.91. The van der Waals surface area contributed by atoms with Crippen LogP contribution in [0.5, 0.6) is 0 Å². The van der Waals surface area contributed by atoms with E-state index in [1.807, 2.05) is 0 Å². The van der Waals surface area contributed by atoms with Crippen molar-refractivity contribution in [3.63, 3.8) is 0 Å². The molecule has 2 aromatic rings. The molecule has 0 spiro atoms. The molecule has 0 radical (unpaired) electrons. The van der Waals surface area contributed by atoms with Gasteiger partial charge in [0.15, 0.2) is 34.9 Å². The molecule has 0 saturated heterocycles. The van der Waals surface area contributed by atoms with E-state index in [-0.39, 0.29) is 11.1 Å². The van der Waals surface area contributed by atoms with E-state index in [9.17, 15) is 31.4 Å². The van der Waals surface area contributed by atoms with E-state index in [4.69, 9.17) is 0 Å². The summed E-state index contributed by atoms with van der Waals surface area (Å²) < 4.78 is 79.0. The normalized spacial score (nSPS) is 13.8. The van der Waals surface area contributed by atoms with Gasteiger partial charge in [-0.25, -0.2) is 26.3 Å². The molecule has 0 aliphatic heterocycles. The molecule has 0 amide bonds. The van der Waals surface area contributed by atoms with Gasteiger partial charge < -0.3 is 10.4 Å². The van der Waals surface area contributed by atoms with Crippen molar-refractivity contribution in [2.45, 2.75) is 19.0 Å². The molecule has 2 rings (SSSR count). The Morgan fingerprint density at radius 3 is 1.54 bits per heavy atom. The van der Waals surface area contributed by atoms with Crippen LogP contribution in [0.4, 0.5) is 26.3 Å². The molecule has 0 aliphatic rings. The summed E-state index contributed by atoms with van der Waals surface area (Å²) in [7, 11) is 0. The van der Waals surface area contributed by atoms with Gasteiger partial charge in [0.25, 0.3) is 0 Å². The van der Waals surface area contributed by atoms with Crippen LogP contribution in [0.1, 0.15) is 30.1 Å². The van der Waals surface area contributed by atoms with E-state index in [1.165, 1.54) is 6.92 Å². The number of rotatable bonds is 5. The zero-order chi connectivity index (χ0) is 18.0. The molecule has 2 aromatic carbocycles. The number of benzene rings is 2. The Hall–Kier alpha value is -2.06. The Bertz CT molecular complexity index is 705. The fourth-order valence-corrected chi connectivity index (χ4v) is 2.25. The van der Waals surface area contributed by atoms with Gasteiger partial charge in [-0.15, -0.1) is 0 Å². The lowest BCUT2D eigenvalue weighted by atomic mass is 10.0. The second-order valence-corrected chi connectivity index (χ2v) is 5.22. The first-order chi connectivity index (χ1) is 11.2. The Labute approximate surface area is 133 Å². The topological polar surface area (TPSA) is 32.3 Å². The summed E-state index contributed by atoms with van der Waals surface area (Å²) in [4.78, 5) is 0. The minimum atomic E-state index is -1.65. The standard InChI is InChI=1S/C16H13F6NO/c1-7(8-2-10(17)15(21)11(18)3-8)23-14(6-24)9-4-12(19)16(22)13(20)5-9/h2-5,7,14,23-24H,6H2,1H3. The third kappa shape index (κ3) is 3.70. The lowest BCUT2D eigenvalue weighted by molar-refractivity contribution is 0.234. The Balaban J connectivity index is 2.27. The van der Waals surface area contributed by atoms with Gasteiger partial charge in [0.1, 0.15) is 0 Å². The van der Waals surface area contributed by atoms with Crippen molar-refractivity contribution < 1.29 is 31.4 Å². The van der Waals surface area contributed by atoms with E-state index in [0.29, 0.717) is 12.1 Å². The monoisotopic (exact) mass is 349 g/mol. The minimum absolute atomic E-state index is 0.0212. The van der Waals surface area contributed by atoms with Crippen molar-refractivity contribution in [3.05, 3.63) is 70.3 Å². The molecule has 0 aromatic heterocycles. The number of nitrogens with one attached hydrogen (secondary N) is 1. The van der Waals surface area contributed by atoms with Gasteiger partial charge in [-0.3, -0.25) is 0 Å². The van der Waals surface area contributed by atoms with Gasteiger partial charge in [0.05, 0.1) is 12.6 Å². The molecule has 130 valence electrons. The quantitative estimate of drug-likeness (QED) is 0.634. The smallest absolute Gasteiger partial charge is 0.194 e. The number of halogens is 6. The highest BCUT2D eigenvalue weighted by atomic mass is 19.2. The zero-order valence-electron chi connectivity index (χ0n) is 12.4. The Kier molecular flexibility index (Phi) is 5.51. The Morgan fingerprint density at radius 2 is 1.17 bits per heavy atom. The molecule has 0 fully saturated rings. The van der Waals surface area contributed by atoms with E-state index in [2.05, 4.69) is 5.32 Å². The van der Waals surface area contributed by atoms with Crippen molar-refractivity contribution in [2.24, 2.45) is 0 Å². The molecule has 2 N–H and O–H groups in total. The van der Waals surface area contributed by atoms with Crippen LogP contribution in [0.15, 0.2) is 24.3 Å². The van der Waals surface area contributed by atoms with Gasteiger partial charge in [0, 0.05) is 6.04 Å². The summed E-state index contributed by atoms with van der Waals surface area (Å²) in [6.45, 7) is 0.825. The third-order valence-electron chi connectivity index (χ3n) is 3.55. The van der Waals surface area contributed by atoms with Crippen LogP contribution >= 0.6 is 0 Å². The molecule has 24 heavy (non-hydrogen) atoms. The molecule has 8 heteroatoms. The fourth-order valence-electron chi connectivity index (χ4n) is 2.25. The largest absolute Gasteiger partial charge is 0.394 e. The van der Waals surface area contributed by atoms with Crippen LogP contribution in [0.2, 0.25) is 0 Å². The molecule has 2 unspecified atom stereocenters. The summed E-state index contributed by atoms with van der Waals surface area (Å²) >= 11 is 0. The van der Waals surface area contributed by atoms with Gasteiger partial charge in [-0.05, 0) is 42.3 Å². The highest BCUT2D eigenvalue weighted by Crippen LogP contribution is 2.24.